The standard InChI is InChI=1S/C12H17NO3/c14-6-4-10-3-5-13(7-10)8-11-1-2-12(9-15)16-11/h1-2,9-10,14H,3-8H2. The Kier molecular flexibility index (Phi) is 3.74. The van der Waals surface area contributed by atoms with Crippen LogP contribution < -0.4 is 0 Å². The SMILES string of the molecule is O=Cc1ccc(CN2CCC(CCO)C2)o1. The number of carbonyl (C=O) groups is 1. The van der Waals surface area contributed by atoms with Crippen molar-refractivity contribution in [1.29, 1.82) is 0 Å². The number of nitrogens with zero attached hydrogens (tertiary/aromatic N) is 1. The van der Waals surface area contributed by atoms with E-state index in [1.807, 2.05) is 6.07 Å². The van der Waals surface area contributed by atoms with Crippen LogP contribution in [0.1, 0.15) is 29.2 Å². The molecule has 1 fully saturated rings. The van der Waals surface area contributed by atoms with Gasteiger partial charge in [0, 0.05) is 13.2 Å². The van der Waals surface area contributed by atoms with Gasteiger partial charge in [0.2, 0.25) is 0 Å². The van der Waals surface area contributed by atoms with E-state index < -0.39 is 0 Å². The highest BCUT2D eigenvalue weighted by atomic mass is 16.3. The van der Waals surface area contributed by atoms with Crippen LogP contribution in [0.3, 0.4) is 0 Å². The van der Waals surface area contributed by atoms with Crippen LogP contribution in [0, 0.1) is 5.92 Å². The molecule has 1 saturated heterocycles. The van der Waals surface area contributed by atoms with E-state index >= 15 is 0 Å². The minimum atomic E-state index is 0.272. The molecule has 1 unspecified atom stereocenters. The summed E-state index contributed by atoms with van der Waals surface area (Å²) in [6.45, 7) is 3.09. The molecule has 0 radical (unpaired) electrons. The van der Waals surface area contributed by atoms with Gasteiger partial charge in [-0.15, -0.1) is 0 Å². The molecule has 0 spiro atoms. The summed E-state index contributed by atoms with van der Waals surface area (Å²) in [5.41, 5.74) is 0. The lowest BCUT2D eigenvalue weighted by Gasteiger charge is -2.13. The first-order valence-corrected chi connectivity index (χ1v) is 5.69. The maximum absolute atomic E-state index is 10.5. The molecular weight excluding hydrogens is 206 g/mol. The lowest BCUT2D eigenvalue weighted by molar-refractivity contribution is 0.109. The molecule has 2 heterocycles. The second-order valence-corrected chi connectivity index (χ2v) is 4.32. The van der Waals surface area contributed by atoms with Gasteiger partial charge < -0.3 is 9.52 Å². The monoisotopic (exact) mass is 223 g/mol. The molecule has 1 aromatic rings. The molecule has 1 N–H and O–H groups in total. The van der Waals surface area contributed by atoms with Crippen molar-refractivity contribution in [3.8, 4) is 0 Å². The maximum atomic E-state index is 10.5. The first-order chi connectivity index (χ1) is 7.81. The van der Waals surface area contributed by atoms with Crippen LogP contribution in [0.4, 0.5) is 0 Å². The molecule has 4 heteroatoms. The van der Waals surface area contributed by atoms with E-state index in [4.69, 9.17) is 9.52 Å². The van der Waals surface area contributed by atoms with Gasteiger partial charge in [-0.25, -0.2) is 0 Å². The maximum Gasteiger partial charge on any atom is 0.185 e. The molecule has 88 valence electrons. The van der Waals surface area contributed by atoms with Crippen LogP contribution in [0.25, 0.3) is 0 Å². The topological polar surface area (TPSA) is 53.7 Å². The molecule has 0 saturated carbocycles. The van der Waals surface area contributed by atoms with Crippen LogP contribution in [0.2, 0.25) is 0 Å². The zero-order valence-electron chi connectivity index (χ0n) is 9.26. The average molecular weight is 223 g/mol. The van der Waals surface area contributed by atoms with Crippen molar-refractivity contribution in [2.75, 3.05) is 19.7 Å². The second kappa shape index (κ2) is 5.27. The van der Waals surface area contributed by atoms with E-state index in [-0.39, 0.29) is 6.61 Å². The van der Waals surface area contributed by atoms with Crippen molar-refractivity contribution < 1.29 is 14.3 Å². The van der Waals surface area contributed by atoms with Gasteiger partial charge in [0.25, 0.3) is 0 Å². The molecule has 1 atom stereocenters. The van der Waals surface area contributed by atoms with E-state index in [1.165, 1.54) is 0 Å². The molecular formula is C12H17NO3. The number of furan rings is 1. The first kappa shape index (κ1) is 11.4. The highest BCUT2D eigenvalue weighted by Gasteiger charge is 2.22. The summed E-state index contributed by atoms with van der Waals surface area (Å²) < 4.78 is 5.33. The molecule has 0 bridgehead atoms. The number of aldehydes is 1. The number of likely N-dealkylation sites (tertiary alicyclic amines) is 1. The van der Waals surface area contributed by atoms with Gasteiger partial charge >= 0.3 is 0 Å². The van der Waals surface area contributed by atoms with Crippen LogP contribution in [0.15, 0.2) is 16.5 Å². The zero-order valence-corrected chi connectivity index (χ0v) is 9.26. The minimum Gasteiger partial charge on any atom is -0.457 e. The Bertz CT molecular complexity index is 348. The van der Waals surface area contributed by atoms with Gasteiger partial charge in [0.1, 0.15) is 5.76 Å². The number of carbonyl (C=O) groups excluding carboxylic acids is 1. The Morgan fingerprint density at radius 3 is 3.12 bits per heavy atom. The van der Waals surface area contributed by atoms with E-state index in [0.29, 0.717) is 11.7 Å². The summed E-state index contributed by atoms with van der Waals surface area (Å²) in [7, 11) is 0. The Morgan fingerprint density at radius 2 is 2.44 bits per heavy atom. The Hall–Kier alpha value is -1.13. The second-order valence-electron chi connectivity index (χ2n) is 4.32. The number of aliphatic hydroxyl groups excluding tert-OH is 1. The van der Waals surface area contributed by atoms with Crippen molar-refractivity contribution in [3.05, 3.63) is 23.7 Å². The van der Waals surface area contributed by atoms with Gasteiger partial charge in [-0.3, -0.25) is 9.69 Å². The Labute approximate surface area is 94.9 Å². The van der Waals surface area contributed by atoms with Gasteiger partial charge in [0.05, 0.1) is 6.54 Å². The van der Waals surface area contributed by atoms with Gasteiger partial charge in [-0.2, -0.15) is 0 Å². The molecule has 4 nitrogen and oxygen atoms in total. The van der Waals surface area contributed by atoms with Crippen molar-refractivity contribution in [2.45, 2.75) is 19.4 Å². The number of hydrogen-bond donors (Lipinski definition) is 1. The third kappa shape index (κ3) is 2.71. The largest absolute Gasteiger partial charge is 0.457 e. The van der Waals surface area contributed by atoms with E-state index in [0.717, 1.165) is 44.5 Å². The number of hydrogen-bond acceptors (Lipinski definition) is 4. The van der Waals surface area contributed by atoms with Crippen molar-refractivity contribution >= 4 is 6.29 Å². The molecule has 0 aliphatic carbocycles. The summed E-state index contributed by atoms with van der Waals surface area (Å²) in [5, 5.41) is 8.86. The fraction of sp³-hybridized carbons (Fsp3) is 0.583. The van der Waals surface area contributed by atoms with Gasteiger partial charge in [0.15, 0.2) is 12.0 Å². The summed E-state index contributed by atoms with van der Waals surface area (Å²) in [5.74, 6) is 1.83. The molecule has 1 aromatic heterocycles. The van der Waals surface area contributed by atoms with Crippen LogP contribution in [0.5, 0.6) is 0 Å². The van der Waals surface area contributed by atoms with Crippen molar-refractivity contribution in [2.24, 2.45) is 5.92 Å². The van der Waals surface area contributed by atoms with Crippen LogP contribution in [-0.4, -0.2) is 36.0 Å². The summed E-state index contributed by atoms with van der Waals surface area (Å²) in [4.78, 5) is 12.8. The van der Waals surface area contributed by atoms with Gasteiger partial charge in [-0.1, -0.05) is 0 Å². The normalized spacial score (nSPS) is 21.4. The van der Waals surface area contributed by atoms with Crippen molar-refractivity contribution in [1.82, 2.24) is 4.90 Å². The third-order valence-electron chi connectivity index (χ3n) is 3.09. The summed E-state index contributed by atoms with van der Waals surface area (Å²) in [6.07, 6.45) is 2.75. The Balaban J connectivity index is 1.84. The fourth-order valence-electron chi connectivity index (χ4n) is 2.24. The highest BCUT2D eigenvalue weighted by Crippen LogP contribution is 2.21. The predicted octanol–water partition coefficient (Wildman–Crippen LogP) is 1.30. The lowest BCUT2D eigenvalue weighted by atomic mass is 10.1. The van der Waals surface area contributed by atoms with E-state index in [9.17, 15) is 4.79 Å². The molecule has 2 rings (SSSR count). The lowest BCUT2D eigenvalue weighted by Crippen LogP contribution is -2.20. The molecule has 16 heavy (non-hydrogen) atoms. The third-order valence-corrected chi connectivity index (χ3v) is 3.09. The quantitative estimate of drug-likeness (QED) is 0.764. The van der Waals surface area contributed by atoms with Crippen LogP contribution in [-0.2, 0) is 6.54 Å². The predicted molar refractivity (Wildman–Crippen MR) is 59.2 cm³/mol. The Morgan fingerprint density at radius 1 is 1.56 bits per heavy atom. The van der Waals surface area contributed by atoms with Gasteiger partial charge in [-0.05, 0) is 37.4 Å². The summed E-state index contributed by atoms with van der Waals surface area (Å²) >= 11 is 0. The van der Waals surface area contributed by atoms with Crippen LogP contribution >= 0.6 is 0 Å². The summed E-state index contributed by atoms with van der Waals surface area (Å²) in [6, 6.07) is 3.55. The fourth-order valence-corrected chi connectivity index (χ4v) is 2.24. The smallest absolute Gasteiger partial charge is 0.185 e. The minimum absolute atomic E-state index is 0.272. The molecule has 1 aliphatic heterocycles. The molecule has 1 aliphatic rings. The molecule has 0 aromatic carbocycles. The first-order valence-electron chi connectivity index (χ1n) is 5.69. The zero-order chi connectivity index (χ0) is 11.4. The average Bonchev–Trinajstić information content (AvgIpc) is 2.89. The van der Waals surface area contributed by atoms with E-state index in [2.05, 4.69) is 4.90 Å². The molecule has 0 amide bonds. The van der Waals surface area contributed by atoms with E-state index in [1.54, 1.807) is 6.07 Å². The number of rotatable bonds is 5. The van der Waals surface area contributed by atoms with Crippen molar-refractivity contribution in [3.63, 3.8) is 0 Å². The highest BCUT2D eigenvalue weighted by molar-refractivity contribution is 5.70. The number of aliphatic hydroxyl groups is 1.